The maximum absolute atomic E-state index is 14.1. The Hall–Kier alpha value is -2.45. The summed E-state index contributed by atoms with van der Waals surface area (Å²) in [5, 5.41) is 26.8. The molecule has 0 aromatic rings. The number of nitrogens with zero attached hydrogens (tertiary/aromatic N) is 1. The van der Waals surface area contributed by atoms with Crippen LogP contribution in [0.1, 0.15) is 61.8 Å². The average molecular weight is 632 g/mol. The summed E-state index contributed by atoms with van der Waals surface area (Å²) in [5.74, 6) is -2.57. The Morgan fingerprint density at radius 1 is 1.09 bits per heavy atom. The van der Waals surface area contributed by atoms with E-state index >= 15 is 0 Å². The molecule has 244 valence electrons. The van der Waals surface area contributed by atoms with Gasteiger partial charge in [0, 0.05) is 6.20 Å². The zero-order chi connectivity index (χ0) is 33.0. The highest BCUT2D eigenvalue weighted by Gasteiger charge is 2.56. The number of esters is 2. The topological polar surface area (TPSA) is 190 Å². The number of aliphatic hydroxyl groups excluding tert-OH is 2. The molecular formula is C28H46N3O11P. The van der Waals surface area contributed by atoms with Gasteiger partial charge in [-0.3, -0.25) is 28.6 Å². The summed E-state index contributed by atoms with van der Waals surface area (Å²) >= 11 is 0. The molecule has 0 aromatic carbocycles. The van der Waals surface area contributed by atoms with E-state index in [0.717, 1.165) is 23.3 Å². The molecule has 14 nitrogen and oxygen atoms in total. The maximum Gasteiger partial charge on any atom is 0.342 e. The first-order valence-corrected chi connectivity index (χ1v) is 15.6. The van der Waals surface area contributed by atoms with Crippen molar-refractivity contribution in [1.82, 2.24) is 15.1 Å². The molecule has 0 radical (unpaired) electrons. The zero-order valence-electron chi connectivity index (χ0n) is 26.1. The summed E-state index contributed by atoms with van der Waals surface area (Å²) in [6.45, 7) is 17.1. The van der Waals surface area contributed by atoms with Crippen LogP contribution < -0.4 is 10.2 Å². The van der Waals surface area contributed by atoms with Gasteiger partial charge < -0.3 is 28.9 Å². The first-order chi connectivity index (χ1) is 19.6. The molecule has 6 atom stereocenters. The standard InChI is InChI=1S/C28H46N3O11P/c1-10-28(22(35)21(34)23(42-28)31-12-11-19(32)13-20(31)33)16-41-43(38,29-17(2)24(36)39-14-26(4,5)6)30-18(3)25(37)40-15-27(7,8)9/h10-12,17-18,21-23,34-35H,1,13-16H2,2-9H3,(H2,29,30,38)/t17-,18-,21+,22-,23+,28+/m0/s1. The van der Waals surface area contributed by atoms with E-state index < -0.39 is 80.4 Å². The number of ketones is 1. The Morgan fingerprint density at radius 2 is 1.58 bits per heavy atom. The molecule has 0 saturated carbocycles. The van der Waals surface area contributed by atoms with Gasteiger partial charge in [-0.05, 0) is 30.8 Å². The number of nitrogens with one attached hydrogen (secondary N) is 2. The molecule has 0 spiro atoms. The largest absolute Gasteiger partial charge is 0.464 e. The maximum atomic E-state index is 14.1. The zero-order valence-corrected chi connectivity index (χ0v) is 27.0. The van der Waals surface area contributed by atoms with Crippen LogP contribution in [0.15, 0.2) is 24.9 Å². The van der Waals surface area contributed by atoms with Gasteiger partial charge in [0.2, 0.25) is 5.91 Å². The normalized spacial score (nSPS) is 26.3. The van der Waals surface area contributed by atoms with E-state index in [1.165, 1.54) is 13.8 Å². The lowest BCUT2D eigenvalue weighted by atomic mass is 9.96. The molecule has 2 aliphatic rings. The Bertz CT molecular complexity index is 1100. The van der Waals surface area contributed by atoms with Crippen LogP contribution in [0.4, 0.5) is 0 Å². The SMILES string of the molecule is C=C[C@]1(COP(=O)(N[C@@H](C)C(=O)OCC(C)(C)C)N[C@@H](C)C(=O)OCC(C)(C)C)O[C@@H](N2C=CC(=O)CC2=O)[C@H](O)[C@@H]1O. The predicted molar refractivity (Wildman–Crippen MR) is 155 cm³/mol. The van der Waals surface area contributed by atoms with Crippen molar-refractivity contribution in [2.75, 3.05) is 19.8 Å². The van der Waals surface area contributed by atoms with Crippen LogP contribution in [0.5, 0.6) is 0 Å². The van der Waals surface area contributed by atoms with E-state index in [1.54, 1.807) is 0 Å². The number of amides is 1. The molecule has 2 rings (SSSR count). The smallest absolute Gasteiger partial charge is 0.342 e. The van der Waals surface area contributed by atoms with E-state index in [2.05, 4.69) is 16.8 Å². The molecule has 2 heterocycles. The number of allylic oxidation sites excluding steroid dienone is 1. The Balaban J connectivity index is 2.29. The van der Waals surface area contributed by atoms with Crippen molar-refractivity contribution in [3.05, 3.63) is 24.9 Å². The monoisotopic (exact) mass is 631 g/mol. The van der Waals surface area contributed by atoms with Crippen molar-refractivity contribution in [2.24, 2.45) is 10.8 Å². The Kier molecular flexibility index (Phi) is 12.1. The van der Waals surface area contributed by atoms with Crippen LogP contribution >= 0.6 is 7.67 Å². The third-order valence-electron chi connectivity index (χ3n) is 6.31. The number of hydrogen-bond acceptors (Lipinski definition) is 11. The van der Waals surface area contributed by atoms with E-state index in [9.17, 15) is 34.0 Å². The van der Waals surface area contributed by atoms with Gasteiger partial charge in [-0.15, -0.1) is 6.58 Å². The highest BCUT2D eigenvalue weighted by Crippen LogP contribution is 2.44. The number of rotatable bonds is 13. The molecule has 2 aliphatic heterocycles. The van der Waals surface area contributed by atoms with Crippen LogP contribution in [0.2, 0.25) is 0 Å². The average Bonchev–Trinajstić information content (AvgIpc) is 3.13. The molecule has 0 unspecified atom stereocenters. The predicted octanol–water partition coefficient (Wildman–Crippen LogP) is 1.56. The number of aliphatic hydroxyl groups is 2. The van der Waals surface area contributed by atoms with Gasteiger partial charge in [-0.1, -0.05) is 47.6 Å². The lowest BCUT2D eigenvalue weighted by molar-refractivity contribution is -0.153. The van der Waals surface area contributed by atoms with Crippen LogP contribution in [-0.2, 0) is 42.5 Å². The third-order valence-corrected chi connectivity index (χ3v) is 8.26. The first kappa shape index (κ1) is 36.7. The van der Waals surface area contributed by atoms with Crippen molar-refractivity contribution >= 4 is 31.3 Å². The van der Waals surface area contributed by atoms with Gasteiger partial charge in [0.15, 0.2) is 12.0 Å². The molecule has 43 heavy (non-hydrogen) atoms. The van der Waals surface area contributed by atoms with E-state index in [1.807, 2.05) is 41.5 Å². The van der Waals surface area contributed by atoms with Crippen molar-refractivity contribution < 1.29 is 52.7 Å². The first-order valence-electron chi connectivity index (χ1n) is 14.0. The van der Waals surface area contributed by atoms with Gasteiger partial charge in [0.25, 0.3) is 0 Å². The van der Waals surface area contributed by atoms with Gasteiger partial charge in [-0.25, -0.2) is 10.2 Å². The van der Waals surface area contributed by atoms with E-state index in [-0.39, 0.29) is 24.0 Å². The Morgan fingerprint density at radius 3 is 2.00 bits per heavy atom. The van der Waals surface area contributed by atoms with Crippen LogP contribution in [-0.4, -0.2) is 94.7 Å². The summed E-state index contributed by atoms with van der Waals surface area (Å²) in [6, 6.07) is -2.36. The summed E-state index contributed by atoms with van der Waals surface area (Å²) in [5.41, 5.74) is -2.56. The quantitative estimate of drug-likeness (QED) is 0.0993. The molecule has 4 N–H and O–H groups in total. The van der Waals surface area contributed by atoms with Gasteiger partial charge in [-0.2, -0.15) is 0 Å². The molecule has 1 amide bonds. The van der Waals surface area contributed by atoms with Crippen LogP contribution in [0, 0.1) is 10.8 Å². The summed E-state index contributed by atoms with van der Waals surface area (Å²) in [4.78, 5) is 50.4. The van der Waals surface area contributed by atoms with Crippen molar-refractivity contribution in [2.45, 2.75) is 97.9 Å². The lowest BCUT2D eigenvalue weighted by Crippen LogP contribution is -2.48. The van der Waals surface area contributed by atoms with Crippen molar-refractivity contribution in [3.8, 4) is 0 Å². The second kappa shape index (κ2) is 14.1. The minimum atomic E-state index is -4.36. The fourth-order valence-electron chi connectivity index (χ4n) is 3.89. The molecule has 1 saturated heterocycles. The number of hydrogen-bond donors (Lipinski definition) is 4. The fraction of sp³-hybridized carbons (Fsp3) is 0.714. The minimum absolute atomic E-state index is 0.0835. The molecule has 1 fully saturated rings. The number of carbonyl (C=O) groups excluding carboxylic acids is 4. The van der Waals surface area contributed by atoms with Crippen LogP contribution in [0.3, 0.4) is 0 Å². The molecule has 0 aromatic heterocycles. The van der Waals surface area contributed by atoms with Crippen LogP contribution in [0.25, 0.3) is 0 Å². The molecule has 0 aliphatic carbocycles. The lowest BCUT2D eigenvalue weighted by Gasteiger charge is -2.33. The van der Waals surface area contributed by atoms with Gasteiger partial charge in [0.05, 0.1) is 26.2 Å². The molecular weight excluding hydrogens is 585 g/mol. The second-order valence-corrected chi connectivity index (χ2v) is 15.1. The van der Waals surface area contributed by atoms with E-state index in [4.69, 9.17) is 18.7 Å². The molecule has 0 bridgehead atoms. The van der Waals surface area contributed by atoms with Gasteiger partial charge in [0.1, 0.15) is 29.9 Å². The molecule has 15 heteroatoms. The third kappa shape index (κ3) is 10.3. The highest BCUT2D eigenvalue weighted by atomic mass is 31.2. The highest BCUT2D eigenvalue weighted by molar-refractivity contribution is 7.54. The Labute approximate surface area is 252 Å². The second-order valence-electron chi connectivity index (χ2n) is 13.2. The fourth-order valence-corrected chi connectivity index (χ4v) is 5.73. The number of carbonyl (C=O) groups is 4. The number of ether oxygens (including phenoxy) is 3. The van der Waals surface area contributed by atoms with Crippen molar-refractivity contribution in [1.29, 1.82) is 0 Å². The van der Waals surface area contributed by atoms with Gasteiger partial charge >= 0.3 is 19.6 Å². The van der Waals surface area contributed by atoms with Crippen molar-refractivity contribution in [3.63, 3.8) is 0 Å². The minimum Gasteiger partial charge on any atom is -0.464 e. The summed E-state index contributed by atoms with van der Waals surface area (Å²) < 4.78 is 36.3. The summed E-state index contributed by atoms with van der Waals surface area (Å²) in [6.07, 6.45) is -1.86. The van der Waals surface area contributed by atoms with E-state index in [0.29, 0.717) is 0 Å². The summed E-state index contributed by atoms with van der Waals surface area (Å²) in [7, 11) is -4.36.